The molecule has 28 heavy (non-hydrogen) atoms. The van der Waals surface area contributed by atoms with E-state index in [0.29, 0.717) is 5.69 Å². The number of nitro groups is 1. The number of non-ortho nitro benzene ring substituents is 1. The fourth-order valence-corrected chi connectivity index (χ4v) is 4.10. The zero-order valence-electron chi connectivity index (χ0n) is 15.6. The third-order valence-corrected chi connectivity index (χ3v) is 5.89. The average molecular weight is 425 g/mol. The number of nitrogens with one attached hydrogen (secondary N) is 1. The van der Waals surface area contributed by atoms with Gasteiger partial charge in [0.2, 0.25) is 5.91 Å². The topological polar surface area (TPSA) is 99.3 Å². The standard InChI is InChI=1S/C18H21ClN4O4S/c1-11-12(2)22(9-14-4-3-7-27-14)18(20-11)28-10-17(24)21-16-6-5-13(23(25)26)8-15(16)19/h5-6,8,14H,3-4,7,9-10H2,1-2H3,(H,21,24)/t14-/m0/s1. The third-order valence-electron chi connectivity index (χ3n) is 4.60. The Hall–Kier alpha value is -2.10. The number of halogens is 1. The Labute approximate surface area is 171 Å². The quantitative estimate of drug-likeness (QED) is 0.410. The molecule has 1 atom stereocenters. The minimum absolute atomic E-state index is 0.124. The van der Waals surface area contributed by atoms with Gasteiger partial charge in [-0.1, -0.05) is 23.4 Å². The maximum absolute atomic E-state index is 12.3. The first-order valence-corrected chi connectivity index (χ1v) is 10.2. The predicted molar refractivity (Wildman–Crippen MR) is 108 cm³/mol. The van der Waals surface area contributed by atoms with Crippen LogP contribution in [0.15, 0.2) is 23.4 Å². The van der Waals surface area contributed by atoms with Gasteiger partial charge in [0.15, 0.2) is 5.16 Å². The number of carbonyl (C=O) groups excluding carboxylic acids is 1. The monoisotopic (exact) mass is 424 g/mol. The van der Waals surface area contributed by atoms with Crippen LogP contribution < -0.4 is 5.32 Å². The highest BCUT2D eigenvalue weighted by Gasteiger charge is 2.21. The Balaban J connectivity index is 1.63. The second kappa shape index (κ2) is 8.93. The van der Waals surface area contributed by atoms with Crippen LogP contribution in [0, 0.1) is 24.0 Å². The molecular weight excluding hydrogens is 404 g/mol. The summed E-state index contributed by atoms with van der Waals surface area (Å²) in [4.78, 5) is 27.1. The number of benzene rings is 1. The number of nitrogens with zero attached hydrogens (tertiary/aromatic N) is 3. The first-order chi connectivity index (χ1) is 13.3. The Bertz CT molecular complexity index is 896. The van der Waals surface area contributed by atoms with Crippen molar-refractivity contribution in [1.29, 1.82) is 0 Å². The van der Waals surface area contributed by atoms with Crippen molar-refractivity contribution in [2.75, 3.05) is 17.7 Å². The van der Waals surface area contributed by atoms with E-state index in [1.807, 2.05) is 13.8 Å². The van der Waals surface area contributed by atoms with Crippen LogP contribution in [0.5, 0.6) is 0 Å². The number of anilines is 1. The lowest BCUT2D eigenvalue weighted by atomic mass is 10.2. The molecule has 1 amide bonds. The summed E-state index contributed by atoms with van der Waals surface area (Å²) in [5, 5.41) is 14.4. The van der Waals surface area contributed by atoms with E-state index >= 15 is 0 Å². The van der Waals surface area contributed by atoms with Crippen molar-refractivity contribution in [2.24, 2.45) is 0 Å². The molecule has 1 aliphatic heterocycles. The van der Waals surface area contributed by atoms with Crippen LogP contribution in [-0.4, -0.2) is 38.8 Å². The maximum atomic E-state index is 12.3. The van der Waals surface area contributed by atoms with Gasteiger partial charge in [0, 0.05) is 24.4 Å². The molecule has 0 unspecified atom stereocenters. The van der Waals surface area contributed by atoms with E-state index in [-0.39, 0.29) is 28.5 Å². The third kappa shape index (κ3) is 4.84. The molecule has 1 saturated heterocycles. The van der Waals surface area contributed by atoms with Crippen LogP contribution >= 0.6 is 23.4 Å². The fraction of sp³-hybridized carbons (Fsp3) is 0.444. The molecule has 1 aliphatic rings. The number of amides is 1. The summed E-state index contributed by atoms with van der Waals surface area (Å²) < 4.78 is 7.82. The minimum Gasteiger partial charge on any atom is -0.376 e. The van der Waals surface area contributed by atoms with Gasteiger partial charge in [-0.25, -0.2) is 4.98 Å². The number of nitro benzene ring substituents is 1. The molecule has 1 aromatic heterocycles. The van der Waals surface area contributed by atoms with Gasteiger partial charge in [0.05, 0.1) is 39.7 Å². The molecule has 1 aromatic carbocycles. The first-order valence-electron chi connectivity index (χ1n) is 8.87. The van der Waals surface area contributed by atoms with Gasteiger partial charge in [0.1, 0.15) is 0 Å². The van der Waals surface area contributed by atoms with Gasteiger partial charge >= 0.3 is 0 Å². The number of thioether (sulfide) groups is 1. The molecule has 0 bridgehead atoms. The highest BCUT2D eigenvalue weighted by Crippen LogP contribution is 2.28. The van der Waals surface area contributed by atoms with Crippen molar-refractivity contribution in [2.45, 2.75) is 44.5 Å². The van der Waals surface area contributed by atoms with Crippen LogP contribution in [0.3, 0.4) is 0 Å². The van der Waals surface area contributed by atoms with Gasteiger partial charge in [-0.05, 0) is 32.8 Å². The molecule has 150 valence electrons. The van der Waals surface area contributed by atoms with Crippen LogP contribution in [0.4, 0.5) is 11.4 Å². The summed E-state index contributed by atoms with van der Waals surface area (Å²) >= 11 is 7.36. The normalized spacial score (nSPS) is 16.3. The minimum atomic E-state index is -0.536. The fourth-order valence-electron chi connectivity index (χ4n) is 2.98. The summed E-state index contributed by atoms with van der Waals surface area (Å²) in [5.41, 5.74) is 2.21. The Kier molecular flexibility index (Phi) is 6.58. The van der Waals surface area contributed by atoms with Crippen LogP contribution in [0.25, 0.3) is 0 Å². The van der Waals surface area contributed by atoms with Crippen molar-refractivity contribution in [3.63, 3.8) is 0 Å². The number of hydrogen-bond donors (Lipinski definition) is 1. The van der Waals surface area contributed by atoms with Crippen LogP contribution in [-0.2, 0) is 16.1 Å². The average Bonchev–Trinajstić information content (AvgIpc) is 3.25. The lowest BCUT2D eigenvalue weighted by Gasteiger charge is -2.14. The second-order valence-corrected chi connectivity index (χ2v) is 7.92. The molecule has 1 N–H and O–H groups in total. The summed E-state index contributed by atoms with van der Waals surface area (Å²) in [7, 11) is 0. The molecule has 2 aromatic rings. The molecular formula is C18H21ClN4O4S. The predicted octanol–water partition coefficient (Wildman–Crippen LogP) is 3.97. The maximum Gasteiger partial charge on any atom is 0.271 e. The number of ether oxygens (including phenoxy) is 1. The largest absolute Gasteiger partial charge is 0.376 e. The van der Waals surface area contributed by atoms with Gasteiger partial charge in [-0.3, -0.25) is 14.9 Å². The van der Waals surface area contributed by atoms with Crippen LogP contribution in [0.1, 0.15) is 24.2 Å². The Morgan fingerprint density at radius 1 is 1.50 bits per heavy atom. The Morgan fingerprint density at radius 3 is 2.93 bits per heavy atom. The van der Waals surface area contributed by atoms with Gasteiger partial charge in [0.25, 0.3) is 5.69 Å². The summed E-state index contributed by atoms with van der Waals surface area (Å²) in [6.45, 7) is 5.48. The SMILES string of the molecule is Cc1nc(SCC(=O)Nc2ccc([N+](=O)[O-])cc2Cl)n(C[C@@H]2CCCO2)c1C. The number of aromatic nitrogens is 2. The van der Waals surface area contributed by atoms with E-state index < -0.39 is 4.92 Å². The molecule has 3 rings (SSSR count). The summed E-state index contributed by atoms with van der Waals surface area (Å²) in [5.74, 6) is -0.114. The van der Waals surface area contributed by atoms with Gasteiger partial charge < -0.3 is 14.6 Å². The summed E-state index contributed by atoms with van der Waals surface area (Å²) in [6.07, 6.45) is 2.28. The molecule has 10 heteroatoms. The van der Waals surface area contributed by atoms with E-state index in [0.717, 1.165) is 42.5 Å². The summed E-state index contributed by atoms with van der Waals surface area (Å²) in [6, 6.07) is 3.94. The lowest BCUT2D eigenvalue weighted by molar-refractivity contribution is -0.384. The molecule has 8 nitrogen and oxygen atoms in total. The number of imidazole rings is 1. The van der Waals surface area contributed by atoms with Crippen LogP contribution in [0.2, 0.25) is 5.02 Å². The smallest absolute Gasteiger partial charge is 0.271 e. The second-order valence-electron chi connectivity index (χ2n) is 6.57. The van der Waals surface area contributed by atoms with Crippen molar-refractivity contribution in [1.82, 2.24) is 9.55 Å². The molecule has 0 spiro atoms. The molecule has 1 fully saturated rings. The van der Waals surface area contributed by atoms with Gasteiger partial charge in [-0.2, -0.15) is 0 Å². The lowest BCUT2D eigenvalue weighted by Crippen LogP contribution is -2.18. The zero-order chi connectivity index (χ0) is 20.3. The highest BCUT2D eigenvalue weighted by atomic mass is 35.5. The van der Waals surface area contributed by atoms with E-state index in [1.54, 1.807) is 0 Å². The van der Waals surface area contributed by atoms with E-state index in [2.05, 4.69) is 14.9 Å². The highest BCUT2D eigenvalue weighted by molar-refractivity contribution is 7.99. The molecule has 2 heterocycles. The number of rotatable bonds is 7. The van der Waals surface area contributed by atoms with E-state index in [9.17, 15) is 14.9 Å². The van der Waals surface area contributed by atoms with E-state index in [4.69, 9.17) is 16.3 Å². The van der Waals surface area contributed by atoms with Crippen molar-refractivity contribution < 1.29 is 14.5 Å². The molecule has 0 aliphatic carbocycles. The number of carbonyl (C=O) groups is 1. The Morgan fingerprint density at radius 2 is 2.29 bits per heavy atom. The molecule has 0 radical (unpaired) electrons. The zero-order valence-corrected chi connectivity index (χ0v) is 17.2. The number of hydrogen-bond acceptors (Lipinski definition) is 6. The van der Waals surface area contributed by atoms with Gasteiger partial charge in [-0.15, -0.1) is 0 Å². The van der Waals surface area contributed by atoms with Crippen molar-refractivity contribution >= 4 is 40.6 Å². The van der Waals surface area contributed by atoms with E-state index in [1.165, 1.54) is 30.0 Å². The van der Waals surface area contributed by atoms with Crippen molar-refractivity contribution in [3.8, 4) is 0 Å². The van der Waals surface area contributed by atoms with Crippen molar-refractivity contribution in [3.05, 3.63) is 44.7 Å². The first kappa shape index (κ1) is 20.6. The number of aryl methyl sites for hydroxylation is 1. The molecule has 0 saturated carbocycles.